The maximum Gasteiger partial charge on any atom is 0.0960 e. The maximum atomic E-state index is 4.51. The van der Waals surface area contributed by atoms with Crippen LogP contribution in [0.4, 0.5) is 0 Å². The molecular weight excluding hydrogens is 190 g/mol. The van der Waals surface area contributed by atoms with Crippen LogP contribution in [0.2, 0.25) is 0 Å². The van der Waals surface area contributed by atoms with Crippen LogP contribution in [-0.2, 0) is 0 Å². The molecule has 14 heavy (non-hydrogen) atoms. The average Bonchev–Trinajstić information content (AvgIpc) is 2.66. The fourth-order valence-corrected chi connectivity index (χ4v) is 2.34. The fourth-order valence-electron chi connectivity index (χ4n) is 1.44. The lowest BCUT2D eigenvalue weighted by molar-refractivity contribution is 0.596. The highest BCUT2D eigenvalue weighted by molar-refractivity contribution is 7.09. The molecule has 0 bridgehead atoms. The molecule has 0 aliphatic carbocycles. The Morgan fingerprint density at radius 1 is 1.57 bits per heavy atom. The number of aromatic nitrogens is 1. The smallest absolute Gasteiger partial charge is 0.0960 e. The summed E-state index contributed by atoms with van der Waals surface area (Å²) in [6.45, 7) is 8.23. The van der Waals surface area contributed by atoms with E-state index in [2.05, 4.69) is 30.8 Å². The van der Waals surface area contributed by atoms with E-state index in [1.807, 2.05) is 6.08 Å². The van der Waals surface area contributed by atoms with Gasteiger partial charge in [0.2, 0.25) is 0 Å². The van der Waals surface area contributed by atoms with E-state index < -0.39 is 0 Å². The lowest BCUT2D eigenvalue weighted by atomic mass is 10.0. The van der Waals surface area contributed by atoms with Gasteiger partial charge in [-0.25, -0.2) is 4.98 Å². The lowest BCUT2D eigenvalue weighted by Gasteiger charge is -2.06. The first-order valence-corrected chi connectivity index (χ1v) is 6.23. The summed E-state index contributed by atoms with van der Waals surface area (Å²) in [6, 6.07) is 0. The summed E-state index contributed by atoms with van der Waals surface area (Å²) in [5, 5.41) is 3.34. The Kier molecular flexibility index (Phi) is 4.88. The summed E-state index contributed by atoms with van der Waals surface area (Å²) in [6.07, 6.45) is 7.03. The Morgan fingerprint density at radius 2 is 2.36 bits per heavy atom. The molecule has 0 amide bonds. The van der Waals surface area contributed by atoms with Crippen LogP contribution < -0.4 is 0 Å². The molecule has 2 heteroatoms. The zero-order chi connectivity index (χ0) is 10.4. The first kappa shape index (κ1) is 11.4. The normalized spacial score (nSPS) is 12.7. The van der Waals surface area contributed by atoms with Gasteiger partial charge in [-0.15, -0.1) is 11.3 Å². The van der Waals surface area contributed by atoms with E-state index in [0.717, 1.165) is 5.69 Å². The van der Waals surface area contributed by atoms with Gasteiger partial charge in [0.1, 0.15) is 0 Å². The van der Waals surface area contributed by atoms with Crippen molar-refractivity contribution in [3.05, 3.63) is 22.7 Å². The quantitative estimate of drug-likeness (QED) is 0.630. The molecule has 0 saturated heterocycles. The summed E-state index contributed by atoms with van der Waals surface area (Å²) in [5.74, 6) is 0.611. The van der Waals surface area contributed by atoms with Gasteiger partial charge in [0.25, 0.3) is 0 Å². The molecule has 0 N–H and O–H groups in total. The van der Waals surface area contributed by atoms with Crippen molar-refractivity contribution in [2.24, 2.45) is 0 Å². The number of unbranched alkanes of at least 4 members (excludes halogenated alkanes) is 2. The number of nitrogens with zero attached hydrogens (tertiary/aromatic N) is 1. The van der Waals surface area contributed by atoms with E-state index in [1.54, 1.807) is 11.3 Å². The Hall–Kier alpha value is -0.630. The maximum absolute atomic E-state index is 4.51. The highest BCUT2D eigenvalue weighted by Crippen LogP contribution is 2.25. The minimum atomic E-state index is 0.611. The minimum absolute atomic E-state index is 0.611. The summed E-state index contributed by atoms with van der Waals surface area (Å²) in [5.41, 5.74) is 1.02. The molecule has 0 saturated carbocycles. The predicted molar refractivity (Wildman–Crippen MR) is 64.8 cm³/mol. The van der Waals surface area contributed by atoms with Crippen LogP contribution in [0.3, 0.4) is 0 Å². The second kappa shape index (κ2) is 5.97. The number of thiazole rings is 1. The second-order valence-electron chi connectivity index (χ2n) is 3.71. The molecule has 0 radical (unpaired) electrons. The Balaban J connectivity index is 2.43. The SMILES string of the molecule is C=Cc1csc(C(C)CCCCC)n1. The van der Waals surface area contributed by atoms with Crippen LogP contribution in [0.5, 0.6) is 0 Å². The number of rotatable bonds is 6. The lowest BCUT2D eigenvalue weighted by Crippen LogP contribution is -1.92. The van der Waals surface area contributed by atoms with Crippen LogP contribution in [0.15, 0.2) is 12.0 Å². The van der Waals surface area contributed by atoms with Gasteiger partial charge in [0.15, 0.2) is 0 Å². The average molecular weight is 209 g/mol. The molecule has 0 aliphatic rings. The van der Waals surface area contributed by atoms with E-state index in [0.29, 0.717) is 5.92 Å². The van der Waals surface area contributed by atoms with Crippen LogP contribution in [0, 0.1) is 0 Å². The summed E-state index contributed by atoms with van der Waals surface area (Å²) < 4.78 is 0. The van der Waals surface area contributed by atoms with E-state index in [-0.39, 0.29) is 0 Å². The van der Waals surface area contributed by atoms with Gasteiger partial charge in [-0.3, -0.25) is 0 Å². The highest BCUT2D eigenvalue weighted by Gasteiger charge is 2.08. The van der Waals surface area contributed by atoms with E-state index in [9.17, 15) is 0 Å². The predicted octanol–water partition coefficient (Wildman–Crippen LogP) is 4.47. The molecule has 1 atom stereocenters. The van der Waals surface area contributed by atoms with Crippen molar-refractivity contribution in [3.63, 3.8) is 0 Å². The molecule has 0 aromatic carbocycles. The second-order valence-corrected chi connectivity index (χ2v) is 4.60. The van der Waals surface area contributed by atoms with Gasteiger partial charge in [-0.2, -0.15) is 0 Å². The van der Waals surface area contributed by atoms with Gasteiger partial charge in [0, 0.05) is 11.3 Å². The van der Waals surface area contributed by atoms with Gasteiger partial charge in [-0.1, -0.05) is 39.7 Å². The topological polar surface area (TPSA) is 12.9 Å². The number of hydrogen-bond acceptors (Lipinski definition) is 2. The Morgan fingerprint density at radius 3 is 2.93 bits per heavy atom. The molecule has 1 rings (SSSR count). The van der Waals surface area contributed by atoms with Crippen molar-refractivity contribution in [1.29, 1.82) is 0 Å². The largest absolute Gasteiger partial charge is 0.242 e. The van der Waals surface area contributed by atoms with Gasteiger partial charge < -0.3 is 0 Å². The summed E-state index contributed by atoms with van der Waals surface area (Å²) in [7, 11) is 0. The standard InChI is InChI=1S/C12H19NS/c1-4-6-7-8-10(3)12-13-11(5-2)9-14-12/h5,9-10H,2,4,6-8H2,1,3H3. The first-order chi connectivity index (χ1) is 6.77. The molecule has 0 aliphatic heterocycles. The molecule has 1 nitrogen and oxygen atoms in total. The van der Waals surface area contributed by atoms with E-state index in [1.165, 1.54) is 30.7 Å². The number of hydrogen-bond donors (Lipinski definition) is 0. The Bertz CT molecular complexity index is 278. The minimum Gasteiger partial charge on any atom is -0.242 e. The van der Waals surface area contributed by atoms with Crippen molar-refractivity contribution in [2.75, 3.05) is 0 Å². The fraction of sp³-hybridized carbons (Fsp3) is 0.583. The monoisotopic (exact) mass is 209 g/mol. The first-order valence-electron chi connectivity index (χ1n) is 5.35. The van der Waals surface area contributed by atoms with E-state index in [4.69, 9.17) is 0 Å². The third-order valence-corrected chi connectivity index (χ3v) is 3.51. The zero-order valence-corrected chi connectivity index (χ0v) is 9.94. The molecule has 1 aromatic rings. The van der Waals surface area contributed by atoms with Crippen LogP contribution in [0.25, 0.3) is 6.08 Å². The molecule has 1 aromatic heterocycles. The van der Waals surface area contributed by atoms with Gasteiger partial charge in [0.05, 0.1) is 10.7 Å². The highest BCUT2D eigenvalue weighted by atomic mass is 32.1. The third kappa shape index (κ3) is 3.26. The zero-order valence-electron chi connectivity index (χ0n) is 9.12. The van der Waals surface area contributed by atoms with E-state index >= 15 is 0 Å². The van der Waals surface area contributed by atoms with Crippen LogP contribution >= 0.6 is 11.3 Å². The molecule has 0 spiro atoms. The molecular formula is C12H19NS. The summed E-state index contributed by atoms with van der Waals surface area (Å²) in [4.78, 5) is 4.51. The van der Waals surface area contributed by atoms with Crippen molar-refractivity contribution in [2.45, 2.75) is 45.4 Å². The molecule has 1 heterocycles. The molecule has 78 valence electrons. The molecule has 1 unspecified atom stereocenters. The third-order valence-electron chi connectivity index (χ3n) is 2.41. The van der Waals surface area contributed by atoms with Crippen LogP contribution in [0.1, 0.15) is 56.2 Å². The Labute approximate surface area is 90.9 Å². The summed E-state index contributed by atoms with van der Waals surface area (Å²) >= 11 is 1.76. The van der Waals surface area contributed by atoms with Crippen LogP contribution in [-0.4, -0.2) is 4.98 Å². The molecule has 0 fully saturated rings. The van der Waals surface area contributed by atoms with Crippen molar-refractivity contribution in [1.82, 2.24) is 4.98 Å². The van der Waals surface area contributed by atoms with Crippen molar-refractivity contribution < 1.29 is 0 Å². The van der Waals surface area contributed by atoms with Gasteiger partial charge >= 0.3 is 0 Å². The van der Waals surface area contributed by atoms with Crippen molar-refractivity contribution in [3.8, 4) is 0 Å². The van der Waals surface area contributed by atoms with Crippen molar-refractivity contribution >= 4 is 17.4 Å². The van der Waals surface area contributed by atoms with Gasteiger partial charge in [-0.05, 0) is 12.5 Å².